The van der Waals surface area contributed by atoms with Crippen molar-refractivity contribution in [3.05, 3.63) is 39.8 Å². The zero-order valence-corrected chi connectivity index (χ0v) is 12.2. The number of methoxy groups -OCH3 is 1. The summed E-state index contributed by atoms with van der Waals surface area (Å²) in [6.07, 6.45) is 1.22. The molecule has 0 radical (unpaired) electrons. The molecule has 0 aliphatic carbocycles. The molecule has 0 amide bonds. The SMILES string of the molecule is COc1cccc(/C=N\Nc2nnc(C)c(=O)[nH]2)c1OC(F)F. The number of benzene rings is 1. The number of rotatable bonds is 6. The Morgan fingerprint density at radius 3 is 2.83 bits per heavy atom. The first-order valence-corrected chi connectivity index (χ1v) is 6.35. The number of halogens is 2. The minimum absolute atomic E-state index is 0.0103. The maximum atomic E-state index is 12.5. The summed E-state index contributed by atoms with van der Waals surface area (Å²) in [6, 6.07) is 4.58. The van der Waals surface area contributed by atoms with Crippen molar-refractivity contribution in [3.8, 4) is 11.5 Å². The molecule has 2 aromatic rings. The first kappa shape index (κ1) is 16.3. The van der Waals surface area contributed by atoms with E-state index in [1.807, 2.05) is 0 Å². The molecule has 0 aliphatic heterocycles. The second kappa shape index (κ2) is 7.29. The van der Waals surface area contributed by atoms with E-state index in [4.69, 9.17) is 4.74 Å². The van der Waals surface area contributed by atoms with E-state index < -0.39 is 12.2 Å². The molecule has 122 valence electrons. The molecule has 1 aromatic carbocycles. The van der Waals surface area contributed by atoms with Gasteiger partial charge in [-0.1, -0.05) is 6.07 Å². The third kappa shape index (κ3) is 4.22. The number of ether oxygens (including phenoxy) is 2. The molecule has 0 atom stereocenters. The average Bonchev–Trinajstić information content (AvgIpc) is 2.51. The Morgan fingerprint density at radius 2 is 2.17 bits per heavy atom. The van der Waals surface area contributed by atoms with Gasteiger partial charge in [0.05, 0.1) is 13.3 Å². The van der Waals surface area contributed by atoms with E-state index >= 15 is 0 Å². The number of aromatic amines is 1. The Labute approximate surface area is 129 Å². The minimum Gasteiger partial charge on any atom is -0.493 e. The largest absolute Gasteiger partial charge is 0.493 e. The lowest BCUT2D eigenvalue weighted by Gasteiger charge is -2.11. The van der Waals surface area contributed by atoms with Crippen LogP contribution in [-0.2, 0) is 0 Å². The van der Waals surface area contributed by atoms with Gasteiger partial charge in [0.1, 0.15) is 5.69 Å². The summed E-state index contributed by atoms with van der Waals surface area (Å²) in [5.41, 5.74) is 2.48. The smallest absolute Gasteiger partial charge is 0.387 e. The van der Waals surface area contributed by atoms with Crippen LogP contribution < -0.4 is 20.5 Å². The molecule has 10 heteroatoms. The van der Waals surface area contributed by atoms with E-state index in [0.29, 0.717) is 0 Å². The molecular weight excluding hydrogens is 312 g/mol. The van der Waals surface area contributed by atoms with Crippen LogP contribution in [0.4, 0.5) is 14.7 Å². The van der Waals surface area contributed by atoms with Crippen molar-refractivity contribution in [3.63, 3.8) is 0 Å². The second-order valence-electron chi connectivity index (χ2n) is 4.22. The first-order chi connectivity index (χ1) is 11.0. The molecule has 0 fully saturated rings. The molecular formula is C13H13F2N5O3. The van der Waals surface area contributed by atoms with Crippen molar-refractivity contribution in [2.24, 2.45) is 5.10 Å². The molecule has 23 heavy (non-hydrogen) atoms. The van der Waals surface area contributed by atoms with Gasteiger partial charge >= 0.3 is 6.61 Å². The number of nitrogens with one attached hydrogen (secondary N) is 2. The molecule has 0 saturated carbocycles. The minimum atomic E-state index is -3.01. The summed E-state index contributed by atoms with van der Waals surface area (Å²) in [5, 5.41) is 11.1. The van der Waals surface area contributed by atoms with Crippen LogP contribution in [0.15, 0.2) is 28.1 Å². The lowest BCUT2D eigenvalue weighted by atomic mass is 10.2. The normalized spacial score (nSPS) is 11.0. The third-order valence-corrected chi connectivity index (χ3v) is 2.67. The number of aromatic nitrogens is 3. The van der Waals surface area contributed by atoms with Crippen LogP contribution in [0.1, 0.15) is 11.3 Å². The lowest BCUT2D eigenvalue weighted by Crippen LogP contribution is -2.15. The fraction of sp³-hybridized carbons (Fsp3) is 0.231. The van der Waals surface area contributed by atoms with Crippen LogP contribution in [-0.4, -0.2) is 35.1 Å². The summed E-state index contributed by atoms with van der Waals surface area (Å²) < 4.78 is 34.4. The van der Waals surface area contributed by atoms with E-state index in [1.165, 1.54) is 32.4 Å². The van der Waals surface area contributed by atoms with Crippen LogP contribution in [0.25, 0.3) is 0 Å². The number of hydrogen-bond donors (Lipinski definition) is 2. The molecule has 2 N–H and O–H groups in total. The molecule has 0 bridgehead atoms. The van der Waals surface area contributed by atoms with Crippen molar-refractivity contribution >= 4 is 12.2 Å². The molecule has 8 nitrogen and oxygen atoms in total. The van der Waals surface area contributed by atoms with Crippen molar-refractivity contribution in [1.29, 1.82) is 0 Å². The number of aryl methyl sites for hydroxylation is 1. The maximum Gasteiger partial charge on any atom is 0.387 e. The summed E-state index contributed by atoms with van der Waals surface area (Å²) in [7, 11) is 1.33. The monoisotopic (exact) mass is 325 g/mol. The van der Waals surface area contributed by atoms with E-state index in [1.54, 1.807) is 6.07 Å². The van der Waals surface area contributed by atoms with Crippen LogP contribution >= 0.6 is 0 Å². The molecule has 1 aromatic heterocycles. The van der Waals surface area contributed by atoms with Gasteiger partial charge in [-0.05, 0) is 19.1 Å². The highest BCUT2D eigenvalue weighted by Crippen LogP contribution is 2.31. The zero-order valence-electron chi connectivity index (χ0n) is 12.2. The van der Waals surface area contributed by atoms with Crippen LogP contribution in [0.2, 0.25) is 0 Å². The number of para-hydroxylation sites is 1. The van der Waals surface area contributed by atoms with E-state index in [-0.39, 0.29) is 28.7 Å². The van der Waals surface area contributed by atoms with Gasteiger partial charge in [0.2, 0.25) is 5.95 Å². The topological polar surface area (TPSA) is 101 Å². The van der Waals surface area contributed by atoms with Crippen molar-refractivity contribution < 1.29 is 18.3 Å². The van der Waals surface area contributed by atoms with Gasteiger partial charge in [-0.2, -0.15) is 13.9 Å². The summed E-state index contributed by atoms with van der Waals surface area (Å²) in [6.45, 7) is -1.51. The molecule has 1 heterocycles. The summed E-state index contributed by atoms with van der Waals surface area (Å²) in [5.74, 6) is -0.00658. The predicted octanol–water partition coefficient (Wildman–Crippen LogP) is 1.53. The number of hydrogen-bond acceptors (Lipinski definition) is 7. The maximum absolute atomic E-state index is 12.5. The first-order valence-electron chi connectivity index (χ1n) is 6.35. The highest BCUT2D eigenvalue weighted by Gasteiger charge is 2.14. The van der Waals surface area contributed by atoms with Crippen LogP contribution in [0.5, 0.6) is 11.5 Å². The second-order valence-corrected chi connectivity index (χ2v) is 4.22. The van der Waals surface area contributed by atoms with Gasteiger partial charge in [-0.15, -0.1) is 10.2 Å². The predicted molar refractivity (Wildman–Crippen MR) is 78.2 cm³/mol. The average molecular weight is 325 g/mol. The molecule has 0 aliphatic rings. The number of H-pyrrole nitrogens is 1. The number of hydrazone groups is 1. The van der Waals surface area contributed by atoms with Crippen molar-refractivity contribution in [1.82, 2.24) is 15.2 Å². The Kier molecular flexibility index (Phi) is 5.18. The van der Waals surface area contributed by atoms with Gasteiger partial charge in [0.15, 0.2) is 11.5 Å². The van der Waals surface area contributed by atoms with Crippen molar-refractivity contribution in [2.45, 2.75) is 13.5 Å². The van der Waals surface area contributed by atoms with Crippen molar-refractivity contribution in [2.75, 3.05) is 12.5 Å². The number of alkyl halides is 2. The Hall–Kier alpha value is -3.04. The van der Waals surface area contributed by atoms with Gasteiger partial charge in [0, 0.05) is 5.56 Å². The fourth-order valence-electron chi connectivity index (χ4n) is 1.62. The molecule has 0 saturated heterocycles. The van der Waals surface area contributed by atoms with Gasteiger partial charge in [-0.3, -0.25) is 9.78 Å². The quantitative estimate of drug-likeness (QED) is 0.617. The Bertz CT molecular complexity index is 764. The van der Waals surface area contributed by atoms with E-state index in [2.05, 4.69) is 30.4 Å². The zero-order chi connectivity index (χ0) is 16.8. The van der Waals surface area contributed by atoms with Crippen LogP contribution in [0.3, 0.4) is 0 Å². The molecule has 0 spiro atoms. The van der Waals surface area contributed by atoms with Gasteiger partial charge in [0.25, 0.3) is 5.56 Å². The molecule has 0 unspecified atom stereocenters. The Morgan fingerprint density at radius 1 is 1.39 bits per heavy atom. The highest BCUT2D eigenvalue weighted by atomic mass is 19.3. The van der Waals surface area contributed by atoms with E-state index in [0.717, 1.165) is 0 Å². The standard InChI is InChI=1S/C13H13F2N5O3/c1-7-11(21)17-13(20-18-7)19-16-6-8-4-3-5-9(22-2)10(8)23-12(14)15/h3-6,12H,1-2H3,(H2,17,19,20,21)/b16-6-. The number of anilines is 1. The van der Waals surface area contributed by atoms with Crippen LogP contribution in [0, 0.1) is 6.92 Å². The van der Waals surface area contributed by atoms with Gasteiger partial charge in [-0.25, -0.2) is 5.43 Å². The summed E-state index contributed by atoms with van der Waals surface area (Å²) >= 11 is 0. The highest BCUT2D eigenvalue weighted by molar-refractivity contribution is 5.85. The van der Waals surface area contributed by atoms with E-state index in [9.17, 15) is 13.6 Å². The summed E-state index contributed by atoms with van der Waals surface area (Å²) in [4.78, 5) is 13.8. The van der Waals surface area contributed by atoms with Gasteiger partial charge < -0.3 is 9.47 Å². The fourth-order valence-corrected chi connectivity index (χ4v) is 1.62. The Balaban J connectivity index is 2.21. The molecule has 2 rings (SSSR count). The third-order valence-electron chi connectivity index (χ3n) is 2.67. The number of nitrogens with zero attached hydrogens (tertiary/aromatic N) is 3. The lowest BCUT2D eigenvalue weighted by molar-refractivity contribution is -0.0513.